The van der Waals surface area contributed by atoms with Crippen LogP contribution in [0.15, 0.2) is 52.1 Å². The van der Waals surface area contributed by atoms with Crippen LogP contribution in [-0.2, 0) is 11.3 Å². The van der Waals surface area contributed by atoms with Crippen LogP contribution in [0.5, 0.6) is 0 Å². The minimum atomic E-state index is -0.486. The lowest BCUT2D eigenvalue weighted by Gasteiger charge is -2.30. The van der Waals surface area contributed by atoms with E-state index in [1.165, 1.54) is 6.07 Å². The molecule has 1 aliphatic heterocycles. The second kappa shape index (κ2) is 7.92. The van der Waals surface area contributed by atoms with Gasteiger partial charge in [-0.15, -0.1) is 0 Å². The lowest BCUT2D eigenvalue weighted by molar-refractivity contribution is 0.102. The zero-order valence-electron chi connectivity index (χ0n) is 16.1. The topological polar surface area (TPSA) is 96.4 Å². The van der Waals surface area contributed by atoms with Crippen LogP contribution in [-0.4, -0.2) is 41.8 Å². The molecule has 1 aliphatic rings. The average Bonchev–Trinajstić information content (AvgIpc) is 2.74. The number of anilines is 2. The SMILES string of the molecule is CCn1c(=O)[nH]c2cc(C(=O)Nc3ccccc3N3CCOCC3)ccc2c1=O. The Bertz CT molecular complexity index is 1180. The summed E-state index contributed by atoms with van der Waals surface area (Å²) < 4.78 is 6.53. The zero-order chi connectivity index (χ0) is 20.4. The molecule has 0 atom stereocenters. The summed E-state index contributed by atoms with van der Waals surface area (Å²) in [6, 6.07) is 12.3. The van der Waals surface area contributed by atoms with Gasteiger partial charge in [-0.3, -0.25) is 14.2 Å². The van der Waals surface area contributed by atoms with Gasteiger partial charge in [0.1, 0.15) is 0 Å². The fraction of sp³-hybridized carbons (Fsp3) is 0.286. The molecular weight excluding hydrogens is 372 g/mol. The first-order valence-corrected chi connectivity index (χ1v) is 9.58. The Balaban J connectivity index is 1.65. The molecule has 0 unspecified atom stereocenters. The van der Waals surface area contributed by atoms with Crippen molar-refractivity contribution in [1.29, 1.82) is 0 Å². The largest absolute Gasteiger partial charge is 0.378 e. The lowest BCUT2D eigenvalue weighted by atomic mass is 10.1. The van der Waals surface area contributed by atoms with Crippen molar-refractivity contribution < 1.29 is 9.53 Å². The van der Waals surface area contributed by atoms with E-state index in [4.69, 9.17) is 4.74 Å². The van der Waals surface area contributed by atoms with Gasteiger partial charge < -0.3 is 19.9 Å². The highest BCUT2D eigenvalue weighted by atomic mass is 16.5. The van der Waals surface area contributed by atoms with Crippen LogP contribution >= 0.6 is 0 Å². The van der Waals surface area contributed by atoms with Crippen molar-refractivity contribution in [2.24, 2.45) is 0 Å². The first kappa shape index (κ1) is 18.9. The number of aromatic nitrogens is 2. The van der Waals surface area contributed by atoms with Gasteiger partial charge in [-0.1, -0.05) is 12.1 Å². The molecule has 1 saturated heterocycles. The maximum absolute atomic E-state index is 12.9. The van der Waals surface area contributed by atoms with Gasteiger partial charge in [-0.2, -0.15) is 0 Å². The number of rotatable bonds is 4. The number of carbonyl (C=O) groups excluding carboxylic acids is 1. The summed E-state index contributed by atoms with van der Waals surface area (Å²) in [6.07, 6.45) is 0. The zero-order valence-corrected chi connectivity index (χ0v) is 16.1. The molecule has 8 heteroatoms. The highest BCUT2D eigenvalue weighted by Gasteiger charge is 2.17. The smallest absolute Gasteiger partial charge is 0.328 e. The van der Waals surface area contributed by atoms with Crippen LogP contribution in [0.3, 0.4) is 0 Å². The summed E-state index contributed by atoms with van der Waals surface area (Å²) in [5, 5.41) is 3.32. The Kier molecular flexibility index (Phi) is 5.18. The van der Waals surface area contributed by atoms with Gasteiger partial charge in [0.15, 0.2) is 0 Å². The number of carbonyl (C=O) groups is 1. The molecule has 3 aromatic rings. The van der Waals surface area contributed by atoms with Crippen LogP contribution in [0, 0.1) is 0 Å². The number of hydrogen-bond acceptors (Lipinski definition) is 5. The first-order chi connectivity index (χ1) is 14.1. The van der Waals surface area contributed by atoms with Crippen molar-refractivity contribution >= 4 is 28.2 Å². The number of nitrogens with one attached hydrogen (secondary N) is 2. The predicted octanol–water partition coefficient (Wildman–Crippen LogP) is 1.80. The summed E-state index contributed by atoms with van der Waals surface area (Å²) in [6.45, 7) is 4.83. The van der Waals surface area contributed by atoms with Crippen molar-refractivity contribution in [3.63, 3.8) is 0 Å². The molecular formula is C21H22N4O4. The van der Waals surface area contributed by atoms with Gasteiger partial charge >= 0.3 is 5.69 Å². The standard InChI is InChI=1S/C21H22N4O4/c1-2-25-20(27)15-8-7-14(13-17(15)23-21(25)28)19(26)22-16-5-3-4-6-18(16)24-9-11-29-12-10-24/h3-8,13H,2,9-12H2,1H3,(H,22,26)(H,23,28). The normalized spacial score (nSPS) is 14.2. The number of para-hydroxylation sites is 2. The van der Waals surface area contributed by atoms with Gasteiger partial charge in [0.2, 0.25) is 0 Å². The fourth-order valence-electron chi connectivity index (χ4n) is 3.54. The molecule has 2 N–H and O–H groups in total. The summed E-state index contributed by atoms with van der Waals surface area (Å²) in [4.78, 5) is 42.2. The number of morpholine rings is 1. The summed E-state index contributed by atoms with van der Waals surface area (Å²) in [5.41, 5.74) is 1.49. The van der Waals surface area contributed by atoms with E-state index in [0.29, 0.717) is 35.4 Å². The number of H-pyrrole nitrogens is 1. The van der Waals surface area contributed by atoms with E-state index in [0.717, 1.165) is 23.3 Å². The van der Waals surface area contributed by atoms with E-state index < -0.39 is 5.69 Å². The molecule has 2 heterocycles. The van der Waals surface area contributed by atoms with Gasteiger partial charge in [-0.25, -0.2) is 4.79 Å². The highest BCUT2D eigenvalue weighted by Crippen LogP contribution is 2.27. The van der Waals surface area contributed by atoms with Crippen LogP contribution in [0.4, 0.5) is 11.4 Å². The lowest BCUT2D eigenvalue weighted by Crippen LogP contribution is -2.36. The summed E-state index contributed by atoms with van der Waals surface area (Å²) >= 11 is 0. The molecule has 0 saturated carbocycles. The summed E-state index contributed by atoms with van der Waals surface area (Å²) in [5.74, 6) is -0.312. The van der Waals surface area contributed by atoms with E-state index in [1.54, 1.807) is 19.1 Å². The van der Waals surface area contributed by atoms with Crippen molar-refractivity contribution in [3.8, 4) is 0 Å². The molecule has 150 valence electrons. The quantitative estimate of drug-likeness (QED) is 0.703. The second-order valence-electron chi connectivity index (χ2n) is 6.81. The number of ether oxygens (including phenoxy) is 1. The molecule has 0 radical (unpaired) electrons. The van der Waals surface area contributed by atoms with Crippen LogP contribution in [0.2, 0.25) is 0 Å². The van der Waals surface area contributed by atoms with Crippen molar-refractivity contribution in [1.82, 2.24) is 9.55 Å². The predicted molar refractivity (Wildman–Crippen MR) is 112 cm³/mol. The minimum absolute atomic E-state index is 0.282. The molecule has 1 amide bonds. The first-order valence-electron chi connectivity index (χ1n) is 9.58. The molecule has 29 heavy (non-hydrogen) atoms. The Morgan fingerprint density at radius 3 is 2.66 bits per heavy atom. The Morgan fingerprint density at radius 2 is 1.90 bits per heavy atom. The number of benzene rings is 2. The Labute approximate surface area is 166 Å². The van der Waals surface area contributed by atoms with E-state index >= 15 is 0 Å². The maximum Gasteiger partial charge on any atom is 0.328 e. The van der Waals surface area contributed by atoms with Gasteiger partial charge in [0.05, 0.1) is 35.5 Å². The summed E-state index contributed by atoms with van der Waals surface area (Å²) in [7, 11) is 0. The van der Waals surface area contributed by atoms with E-state index in [9.17, 15) is 14.4 Å². The number of hydrogen-bond donors (Lipinski definition) is 2. The molecule has 1 aromatic heterocycles. The maximum atomic E-state index is 12.9. The monoisotopic (exact) mass is 394 g/mol. The molecule has 0 spiro atoms. The van der Waals surface area contributed by atoms with E-state index in [-0.39, 0.29) is 18.0 Å². The van der Waals surface area contributed by atoms with Gasteiger partial charge in [0, 0.05) is 25.2 Å². The highest BCUT2D eigenvalue weighted by molar-refractivity contribution is 6.07. The number of aromatic amines is 1. The van der Waals surface area contributed by atoms with E-state index in [2.05, 4.69) is 15.2 Å². The van der Waals surface area contributed by atoms with Crippen LogP contribution < -0.4 is 21.5 Å². The third-order valence-electron chi connectivity index (χ3n) is 5.06. The molecule has 1 fully saturated rings. The number of amides is 1. The van der Waals surface area contributed by atoms with Gasteiger partial charge in [0.25, 0.3) is 11.5 Å². The minimum Gasteiger partial charge on any atom is -0.378 e. The third-order valence-corrected chi connectivity index (χ3v) is 5.06. The number of fused-ring (bicyclic) bond motifs is 1. The van der Waals surface area contributed by atoms with Crippen molar-refractivity contribution in [3.05, 3.63) is 68.9 Å². The van der Waals surface area contributed by atoms with Crippen molar-refractivity contribution in [2.45, 2.75) is 13.5 Å². The number of nitrogens with zero attached hydrogens (tertiary/aromatic N) is 2. The van der Waals surface area contributed by atoms with Crippen LogP contribution in [0.25, 0.3) is 10.9 Å². The van der Waals surface area contributed by atoms with Crippen molar-refractivity contribution in [2.75, 3.05) is 36.5 Å². The fourth-order valence-corrected chi connectivity index (χ4v) is 3.54. The third kappa shape index (κ3) is 3.66. The van der Waals surface area contributed by atoms with Crippen LogP contribution in [0.1, 0.15) is 17.3 Å². The van der Waals surface area contributed by atoms with E-state index in [1.807, 2.05) is 24.3 Å². The Morgan fingerprint density at radius 1 is 1.14 bits per heavy atom. The molecule has 8 nitrogen and oxygen atoms in total. The Hall–Kier alpha value is -3.39. The molecule has 2 aromatic carbocycles. The van der Waals surface area contributed by atoms with Gasteiger partial charge in [-0.05, 0) is 37.3 Å². The molecule has 0 bridgehead atoms. The molecule has 4 rings (SSSR count). The molecule has 0 aliphatic carbocycles. The second-order valence-corrected chi connectivity index (χ2v) is 6.81. The average molecular weight is 394 g/mol.